The Morgan fingerprint density at radius 1 is 1.56 bits per heavy atom. The molecule has 5 heteroatoms. The number of carboxylic acid groups (broad SMARTS) is 1. The summed E-state index contributed by atoms with van der Waals surface area (Å²) in [5.74, 6) is -3.21. The summed E-state index contributed by atoms with van der Waals surface area (Å²) in [4.78, 5) is 10.7. The quantitative estimate of drug-likeness (QED) is 0.796. The van der Waals surface area contributed by atoms with Gasteiger partial charge in [-0.3, -0.25) is 0 Å². The summed E-state index contributed by atoms with van der Waals surface area (Å²) in [5.41, 5.74) is -0.279. The number of halogens is 3. The second kappa shape index (κ2) is 4.72. The minimum atomic E-state index is -4.37. The molecule has 0 saturated carbocycles. The first-order valence-electron chi connectivity index (χ1n) is 5.04. The molecule has 90 valence electrons. The third kappa shape index (κ3) is 3.12. The van der Waals surface area contributed by atoms with Gasteiger partial charge in [0.15, 0.2) is 0 Å². The van der Waals surface area contributed by atoms with Crippen LogP contribution in [0.5, 0.6) is 0 Å². The SMILES string of the molecule is CCC1C=CC(C(=O)O)=CC(C(F)(F)F)C1. The average molecular weight is 234 g/mol. The Labute approximate surface area is 91.5 Å². The van der Waals surface area contributed by atoms with Gasteiger partial charge < -0.3 is 5.11 Å². The van der Waals surface area contributed by atoms with E-state index in [1.807, 2.05) is 0 Å². The Morgan fingerprint density at radius 3 is 2.62 bits per heavy atom. The number of hydrogen-bond donors (Lipinski definition) is 1. The highest BCUT2D eigenvalue weighted by Gasteiger charge is 2.40. The molecular weight excluding hydrogens is 221 g/mol. The van der Waals surface area contributed by atoms with Crippen LogP contribution in [0.2, 0.25) is 0 Å². The summed E-state index contributed by atoms with van der Waals surface area (Å²) in [7, 11) is 0. The highest BCUT2D eigenvalue weighted by atomic mass is 19.4. The lowest BCUT2D eigenvalue weighted by atomic mass is 9.93. The van der Waals surface area contributed by atoms with Gasteiger partial charge >= 0.3 is 12.1 Å². The van der Waals surface area contributed by atoms with Gasteiger partial charge in [0.1, 0.15) is 0 Å². The van der Waals surface area contributed by atoms with Crippen LogP contribution in [0, 0.1) is 11.8 Å². The van der Waals surface area contributed by atoms with Crippen molar-refractivity contribution in [2.45, 2.75) is 25.9 Å². The molecule has 0 aromatic carbocycles. The Bertz CT molecular complexity index is 329. The van der Waals surface area contributed by atoms with Crippen LogP contribution in [0.4, 0.5) is 13.2 Å². The van der Waals surface area contributed by atoms with E-state index in [1.165, 1.54) is 6.08 Å². The molecule has 0 amide bonds. The summed E-state index contributed by atoms with van der Waals surface area (Å²) in [5, 5.41) is 8.72. The molecule has 1 aliphatic rings. The smallest absolute Gasteiger partial charge is 0.395 e. The maximum Gasteiger partial charge on any atom is 0.395 e. The molecular formula is C11H13F3O2. The lowest BCUT2D eigenvalue weighted by molar-refractivity contribution is -0.164. The Hall–Kier alpha value is -1.26. The molecule has 0 aromatic heterocycles. The van der Waals surface area contributed by atoms with Gasteiger partial charge in [0.05, 0.1) is 11.5 Å². The number of rotatable bonds is 2. The summed E-state index contributed by atoms with van der Waals surface area (Å²) < 4.78 is 37.8. The van der Waals surface area contributed by atoms with Gasteiger partial charge in [-0.15, -0.1) is 0 Å². The van der Waals surface area contributed by atoms with Gasteiger partial charge in [0.25, 0.3) is 0 Å². The van der Waals surface area contributed by atoms with Crippen molar-refractivity contribution in [1.82, 2.24) is 0 Å². The van der Waals surface area contributed by atoms with Gasteiger partial charge in [-0.05, 0) is 18.8 Å². The van der Waals surface area contributed by atoms with E-state index in [4.69, 9.17) is 5.11 Å². The molecule has 1 N–H and O–H groups in total. The monoisotopic (exact) mass is 234 g/mol. The molecule has 0 saturated heterocycles. The summed E-state index contributed by atoms with van der Waals surface area (Å²) >= 11 is 0. The second-order valence-corrected chi connectivity index (χ2v) is 3.84. The number of carbonyl (C=O) groups is 1. The molecule has 0 fully saturated rings. The lowest BCUT2D eigenvalue weighted by Crippen LogP contribution is -2.23. The van der Waals surface area contributed by atoms with Gasteiger partial charge in [0.2, 0.25) is 0 Å². The average Bonchev–Trinajstić information content (AvgIpc) is 2.38. The van der Waals surface area contributed by atoms with E-state index in [2.05, 4.69) is 0 Å². The van der Waals surface area contributed by atoms with Crippen molar-refractivity contribution in [3.8, 4) is 0 Å². The highest BCUT2D eigenvalue weighted by molar-refractivity contribution is 5.89. The molecule has 0 aliphatic heterocycles. The predicted molar refractivity (Wildman–Crippen MR) is 52.8 cm³/mol. The van der Waals surface area contributed by atoms with E-state index >= 15 is 0 Å². The van der Waals surface area contributed by atoms with Crippen LogP contribution in [0.1, 0.15) is 19.8 Å². The molecule has 0 heterocycles. The predicted octanol–water partition coefficient (Wildman–Crippen LogP) is 3.16. The van der Waals surface area contributed by atoms with Crippen molar-refractivity contribution in [2.75, 3.05) is 0 Å². The molecule has 2 unspecified atom stereocenters. The van der Waals surface area contributed by atoms with Crippen LogP contribution in [-0.4, -0.2) is 17.3 Å². The minimum absolute atomic E-state index is 0.0761. The van der Waals surface area contributed by atoms with Crippen LogP contribution in [0.15, 0.2) is 23.8 Å². The van der Waals surface area contributed by atoms with E-state index in [-0.39, 0.29) is 17.9 Å². The maximum absolute atomic E-state index is 12.6. The van der Waals surface area contributed by atoms with Crippen molar-refractivity contribution in [3.63, 3.8) is 0 Å². The molecule has 0 spiro atoms. The molecule has 2 nitrogen and oxygen atoms in total. The van der Waals surface area contributed by atoms with Crippen molar-refractivity contribution in [1.29, 1.82) is 0 Å². The van der Waals surface area contributed by atoms with Crippen molar-refractivity contribution in [3.05, 3.63) is 23.8 Å². The summed E-state index contributed by atoms with van der Waals surface area (Å²) in [6, 6.07) is 0. The summed E-state index contributed by atoms with van der Waals surface area (Å²) in [6.07, 6.45) is -0.264. The number of allylic oxidation sites excluding steroid dienone is 2. The minimum Gasteiger partial charge on any atom is -0.478 e. The van der Waals surface area contributed by atoms with Crippen LogP contribution in [0.3, 0.4) is 0 Å². The zero-order chi connectivity index (χ0) is 12.3. The van der Waals surface area contributed by atoms with Crippen molar-refractivity contribution >= 4 is 5.97 Å². The lowest BCUT2D eigenvalue weighted by Gasteiger charge is -2.19. The maximum atomic E-state index is 12.6. The first-order valence-corrected chi connectivity index (χ1v) is 5.04. The fourth-order valence-corrected chi connectivity index (χ4v) is 1.66. The fraction of sp³-hybridized carbons (Fsp3) is 0.545. The van der Waals surface area contributed by atoms with E-state index < -0.39 is 18.1 Å². The third-order valence-corrected chi connectivity index (χ3v) is 2.68. The number of aliphatic carboxylic acids is 1. The standard InChI is InChI=1S/C11H13F3O2/c1-2-7-3-4-8(10(15)16)6-9(5-7)11(12,13)14/h3-4,6-7,9H,2,5H2,1H3,(H,15,16). The zero-order valence-electron chi connectivity index (χ0n) is 8.79. The molecule has 0 aromatic rings. The zero-order valence-corrected chi connectivity index (χ0v) is 8.79. The molecule has 0 radical (unpaired) electrons. The van der Waals surface area contributed by atoms with Gasteiger partial charge in [0, 0.05) is 0 Å². The third-order valence-electron chi connectivity index (χ3n) is 2.68. The first kappa shape index (κ1) is 12.8. The van der Waals surface area contributed by atoms with E-state index in [9.17, 15) is 18.0 Å². The number of alkyl halides is 3. The van der Waals surface area contributed by atoms with E-state index in [0.717, 1.165) is 6.08 Å². The normalized spacial score (nSPS) is 26.1. The molecule has 1 rings (SSSR count). The molecule has 16 heavy (non-hydrogen) atoms. The van der Waals surface area contributed by atoms with E-state index in [1.54, 1.807) is 13.0 Å². The van der Waals surface area contributed by atoms with Crippen molar-refractivity contribution < 1.29 is 23.1 Å². The topological polar surface area (TPSA) is 37.3 Å². The Morgan fingerprint density at radius 2 is 2.19 bits per heavy atom. The highest BCUT2D eigenvalue weighted by Crippen LogP contribution is 2.36. The van der Waals surface area contributed by atoms with Crippen LogP contribution in [0.25, 0.3) is 0 Å². The number of hydrogen-bond acceptors (Lipinski definition) is 1. The van der Waals surface area contributed by atoms with Crippen molar-refractivity contribution in [2.24, 2.45) is 11.8 Å². The Balaban J connectivity index is 3.01. The summed E-state index contributed by atoms with van der Waals surface area (Å²) in [6.45, 7) is 1.79. The number of carboxylic acids is 1. The van der Waals surface area contributed by atoms with Crippen LogP contribution in [-0.2, 0) is 4.79 Å². The second-order valence-electron chi connectivity index (χ2n) is 3.84. The van der Waals surface area contributed by atoms with Gasteiger partial charge in [-0.2, -0.15) is 13.2 Å². The van der Waals surface area contributed by atoms with Crippen LogP contribution >= 0.6 is 0 Å². The fourth-order valence-electron chi connectivity index (χ4n) is 1.66. The molecule has 1 aliphatic carbocycles. The van der Waals surface area contributed by atoms with Gasteiger partial charge in [-0.1, -0.05) is 25.2 Å². The molecule has 2 atom stereocenters. The van der Waals surface area contributed by atoms with Gasteiger partial charge in [-0.25, -0.2) is 4.79 Å². The van der Waals surface area contributed by atoms with E-state index in [0.29, 0.717) is 6.42 Å². The van der Waals surface area contributed by atoms with Crippen LogP contribution < -0.4 is 0 Å². The largest absolute Gasteiger partial charge is 0.478 e. The Kier molecular flexibility index (Phi) is 3.78. The first-order chi connectivity index (χ1) is 7.34. The molecule has 0 bridgehead atoms.